The Morgan fingerprint density at radius 2 is 1.89 bits per heavy atom. The summed E-state index contributed by atoms with van der Waals surface area (Å²) < 4.78 is 39.0. The second-order valence-electron chi connectivity index (χ2n) is 3.27. The molecule has 0 saturated carbocycles. The number of nitrogens with two attached hydrogens (primary N) is 1. The van der Waals surface area contributed by atoms with Crippen LogP contribution in [-0.4, -0.2) is 21.8 Å². The third-order valence-corrected chi connectivity index (χ3v) is 10.6. The van der Waals surface area contributed by atoms with Gasteiger partial charge in [-0.25, -0.2) is 13.6 Å². The Bertz CT molecular complexity index is 535. The highest BCUT2D eigenvalue weighted by atomic mass is 33.1. The number of hydrogen-bond donors (Lipinski definition) is 1. The van der Waals surface area contributed by atoms with Crippen LogP contribution in [0.25, 0.3) is 0 Å². The summed E-state index contributed by atoms with van der Waals surface area (Å²) in [7, 11) is -2.25. The molecule has 0 aliphatic rings. The van der Waals surface area contributed by atoms with E-state index in [1.165, 1.54) is 42.0 Å². The number of benzene rings is 1. The van der Waals surface area contributed by atoms with Crippen LogP contribution in [0.5, 0.6) is 0 Å². The van der Waals surface area contributed by atoms with Crippen molar-refractivity contribution >= 4 is 38.6 Å². The highest BCUT2D eigenvalue weighted by Gasteiger charge is 2.20. The number of hydrogen-bond acceptors (Lipinski definition) is 6. The van der Waals surface area contributed by atoms with Crippen molar-refractivity contribution in [2.24, 2.45) is 5.14 Å². The Morgan fingerprint density at radius 3 is 2.28 bits per heavy atom. The van der Waals surface area contributed by atoms with E-state index >= 15 is 0 Å². The molecule has 0 aromatic heterocycles. The number of sulfonamides is 1. The van der Waals surface area contributed by atoms with E-state index < -0.39 is 15.8 Å². The Kier molecular flexibility index (Phi) is 5.76. The van der Waals surface area contributed by atoms with E-state index in [2.05, 4.69) is 0 Å². The van der Waals surface area contributed by atoms with Crippen LogP contribution in [0, 0.1) is 0 Å². The van der Waals surface area contributed by atoms with Crippen molar-refractivity contribution in [3.05, 3.63) is 29.8 Å². The molecule has 1 aromatic rings. The molecule has 1 unspecified atom stereocenters. The first-order chi connectivity index (χ1) is 8.30. The average Bonchev–Trinajstić information content (AvgIpc) is 2.35. The van der Waals surface area contributed by atoms with Crippen molar-refractivity contribution in [3.63, 3.8) is 0 Å². The van der Waals surface area contributed by atoms with Gasteiger partial charge in [0.05, 0.1) is 4.90 Å². The van der Waals surface area contributed by atoms with E-state index in [0.29, 0.717) is 5.75 Å². The summed E-state index contributed by atoms with van der Waals surface area (Å²) in [5.41, 5.74) is 0.860. The van der Waals surface area contributed by atoms with Crippen molar-refractivity contribution in [1.82, 2.24) is 0 Å². The first kappa shape index (κ1) is 16.1. The molecule has 0 radical (unpaired) electrons. The normalized spacial score (nSPS) is 15.3. The molecule has 9 heteroatoms. The monoisotopic (exact) mass is 327 g/mol. The standard InChI is InChI=1S/C9H14NO4PS3/c1-14-15(11,16-2)17-7-8-3-5-9(6-4-8)18(10,12)13/h3-6H,7H2,1-2H3,(H2,10,12,13). The molecule has 0 amide bonds. The molecule has 0 aliphatic heterocycles. The molecular formula is C9H14NO4PS3. The molecule has 18 heavy (non-hydrogen) atoms. The summed E-state index contributed by atoms with van der Waals surface area (Å²) in [6.07, 6.45) is 1.72. The summed E-state index contributed by atoms with van der Waals surface area (Å²) in [4.78, 5) is 0.0658. The Labute approximate surface area is 115 Å². The van der Waals surface area contributed by atoms with Gasteiger partial charge in [-0.15, -0.1) is 0 Å². The fourth-order valence-corrected chi connectivity index (χ4v) is 5.91. The van der Waals surface area contributed by atoms with Gasteiger partial charge < -0.3 is 4.52 Å². The van der Waals surface area contributed by atoms with Crippen molar-refractivity contribution in [2.75, 3.05) is 13.4 Å². The second kappa shape index (κ2) is 6.45. The average molecular weight is 327 g/mol. The van der Waals surface area contributed by atoms with Crippen LogP contribution in [-0.2, 0) is 24.9 Å². The van der Waals surface area contributed by atoms with E-state index in [4.69, 9.17) is 9.66 Å². The minimum atomic E-state index is -3.66. The highest BCUT2D eigenvalue weighted by Crippen LogP contribution is 2.69. The van der Waals surface area contributed by atoms with Crippen molar-refractivity contribution in [2.45, 2.75) is 10.6 Å². The molecule has 1 aromatic carbocycles. The first-order valence-corrected chi connectivity index (χ1v) is 11.4. The van der Waals surface area contributed by atoms with Crippen molar-refractivity contribution < 1.29 is 17.5 Å². The summed E-state index contributed by atoms with van der Waals surface area (Å²) in [6.45, 7) is 0. The smallest absolute Gasteiger partial charge is 0.312 e. The zero-order valence-electron chi connectivity index (χ0n) is 9.90. The molecular weight excluding hydrogens is 313 g/mol. The van der Waals surface area contributed by atoms with Gasteiger partial charge in [0.2, 0.25) is 10.0 Å². The topological polar surface area (TPSA) is 86.5 Å². The summed E-state index contributed by atoms with van der Waals surface area (Å²) in [6, 6.07) is 6.16. The SMILES string of the molecule is COP(=O)(SC)SCc1ccc(S(N)(=O)=O)cc1. The Morgan fingerprint density at radius 1 is 1.33 bits per heavy atom. The molecule has 1 atom stereocenters. The second-order valence-corrected chi connectivity index (χ2v) is 12.5. The fraction of sp³-hybridized carbons (Fsp3) is 0.333. The van der Waals surface area contributed by atoms with Gasteiger partial charge in [-0.1, -0.05) is 34.9 Å². The molecule has 0 heterocycles. The van der Waals surface area contributed by atoms with Crippen molar-refractivity contribution in [3.8, 4) is 0 Å². The number of rotatable bonds is 6. The number of primary sulfonamides is 1. The molecule has 0 aliphatic carbocycles. The lowest BCUT2D eigenvalue weighted by molar-refractivity contribution is 0.424. The first-order valence-electron chi connectivity index (χ1n) is 4.78. The van der Waals surface area contributed by atoms with E-state index in [1.54, 1.807) is 18.4 Å². The van der Waals surface area contributed by atoms with Gasteiger partial charge in [0.25, 0.3) is 0 Å². The summed E-state index contributed by atoms with van der Waals surface area (Å²) in [5, 5.41) is 4.99. The molecule has 0 bridgehead atoms. The third kappa shape index (κ3) is 4.60. The quantitative estimate of drug-likeness (QED) is 0.808. The minimum Gasteiger partial charge on any atom is -0.317 e. The third-order valence-electron chi connectivity index (χ3n) is 2.09. The highest BCUT2D eigenvalue weighted by molar-refractivity contribution is 8.88. The van der Waals surface area contributed by atoms with Gasteiger partial charge in [0, 0.05) is 12.9 Å². The lowest BCUT2D eigenvalue weighted by Crippen LogP contribution is -2.11. The van der Waals surface area contributed by atoms with Gasteiger partial charge in [-0.3, -0.25) is 4.57 Å². The maximum Gasteiger partial charge on any atom is 0.312 e. The maximum atomic E-state index is 11.9. The van der Waals surface area contributed by atoms with Gasteiger partial charge >= 0.3 is 5.77 Å². The van der Waals surface area contributed by atoms with E-state index in [9.17, 15) is 13.0 Å². The Balaban J connectivity index is 2.74. The summed E-state index contributed by atoms with van der Waals surface area (Å²) >= 11 is 2.39. The van der Waals surface area contributed by atoms with Crippen LogP contribution in [0.2, 0.25) is 0 Å². The zero-order valence-corrected chi connectivity index (χ0v) is 13.2. The lowest BCUT2D eigenvalue weighted by atomic mass is 10.2. The molecule has 1 rings (SSSR count). The van der Waals surface area contributed by atoms with Crippen LogP contribution in [0.3, 0.4) is 0 Å². The molecule has 0 fully saturated rings. The summed E-state index contributed by atoms with van der Waals surface area (Å²) in [5.74, 6) is -2.22. The molecule has 0 spiro atoms. The van der Waals surface area contributed by atoms with E-state index in [-0.39, 0.29) is 4.90 Å². The van der Waals surface area contributed by atoms with Gasteiger partial charge in [0.15, 0.2) is 0 Å². The predicted octanol–water partition coefficient (Wildman–Crippen LogP) is 2.68. The molecule has 102 valence electrons. The van der Waals surface area contributed by atoms with E-state index in [0.717, 1.165) is 5.56 Å². The van der Waals surface area contributed by atoms with Crippen LogP contribution in [0.4, 0.5) is 0 Å². The Hall–Kier alpha value is 0.0200. The van der Waals surface area contributed by atoms with Crippen LogP contribution >= 0.6 is 28.5 Å². The minimum absolute atomic E-state index is 0.0658. The van der Waals surface area contributed by atoms with Gasteiger partial charge in [-0.2, -0.15) is 0 Å². The van der Waals surface area contributed by atoms with Crippen LogP contribution in [0.15, 0.2) is 29.2 Å². The maximum absolute atomic E-state index is 11.9. The van der Waals surface area contributed by atoms with Gasteiger partial charge in [0.1, 0.15) is 0 Å². The molecule has 2 N–H and O–H groups in total. The molecule has 0 saturated heterocycles. The zero-order chi connectivity index (χ0) is 13.8. The van der Waals surface area contributed by atoms with Crippen molar-refractivity contribution in [1.29, 1.82) is 0 Å². The van der Waals surface area contributed by atoms with E-state index in [1.807, 2.05) is 0 Å². The van der Waals surface area contributed by atoms with Crippen LogP contribution < -0.4 is 5.14 Å². The fourth-order valence-electron chi connectivity index (χ4n) is 1.11. The van der Waals surface area contributed by atoms with Gasteiger partial charge in [-0.05, 0) is 24.0 Å². The molecule has 5 nitrogen and oxygen atoms in total. The predicted molar refractivity (Wildman–Crippen MR) is 77.2 cm³/mol. The largest absolute Gasteiger partial charge is 0.317 e. The lowest BCUT2D eigenvalue weighted by Gasteiger charge is -2.11. The van der Waals surface area contributed by atoms with Crippen LogP contribution in [0.1, 0.15) is 5.56 Å².